The Kier molecular flexibility index (Phi) is 2.68. The van der Waals surface area contributed by atoms with Crippen LogP contribution in [-0.4, -0.2) is 19.6 Å². The molecule has 0 spiro atoms. The smallest absolute Gasteiger partial charge is 0.227 e. The molecule has 1 N–H and O–H groups in total. The topological polar surface area (TPSA) is 68.2 Å². The molecule has 4 rings (SSSR count). The van der Waals surface area contributed by atoms with Crippen molar-refractivity contribution < 1.29 is 4.42 Å². The summed E-state index contributed by atoms with van der Waals surface area (Å²) in [6.07, 6.45) is 3.21. The highest BCUT2D eigenvalue weighted by Crippen LogP contribution is 2.32. The van der Waals surface area contributed by atoms with E-state index in [1.54, 1.807) is 28.4 Å². The standard InChI is InChI=1S/C14H13N5OS/c1-8-9(2)21-13-11(8)12-16-7-17-19(12)14(18-13)15-6-10-4-3-5-20-10/h3-5,7H,6H2,1-2H3,(H,15,18). The Bertz CT molecular complexity index is 922. The van der Waals surface area contributed by atoms with Gasteiger partial charge in [-0.1, -0.05) is 0 Å². The lowest BCUT2D eigenvalue weighted by Gasteiger charge is -2.06. The Morgan fingerprint density at radius 1 is 1.38 bits per heavy atom. The van der Waals surface area contributed by atoms with Gasteiger partial charge in [0.2, 0.25) is 5.95 Å². The number of furan rings is 1. The molecular weight excluding hydrogens is 286 g/mol. The van der Waals surface area contributed by atoms with E-state index in [0.717, 1.165) is 21.6 Å². The van der Waals surface area contributed by atoms with E-state index in [-0.39, 0.29) is 0 Å². The predicted octanol–water partition coefficient (Wildman–Crippen LogP) is 3.16. The van der Waals surface area contributed by atoms with Crippen molar-refractivity contribution in [1.29, 1.82) is 0 Å². The van der Waals surface area contributed by atoms with E-state index in [1.807, 2.05) is 12.1 Å². The summed E-state index contributed by atoms with van der Waals surface area (Å²) < 4.78 is 7.07. The zero-order chi connectivity index (χ0) is 14.4. The average Bonchev–Trinajstić information content (AvgIpc) is 3.18. The zero-order valence-electron chi connectivity index (χ0n) is 11.6. The van der Waals surface area contributed by atoms with Crippen molar-refractivity contribution in [2.24, 2.45) is 0 Å². The van der Waals surface area contributed by atoms with Gasteiger partial charge in [0.1, 0.15) is 16.9 Å². The van der Waals surface area contributed by atoms with Crippen LogP contribution >= 0.6 is 11.3 Å². The van der Waals surface area contributed by atoms with E-state index in [4.69, 9.17) is 4.42 Å². The summed E-state index contributed by atoms with van der Waals surface area (Å²) in [5.41, 5.74) is 2.06. The van der Waals surface area contributed by atoms with Crippen molar-refractivity contribution in [3.05, 3.63) is 40.9 Å². The first-order valence-corrected chi connectivity index (χ1v) is 7.41. The maximum Gasteiger partial charge on any atom is 0.227 e. The fraction of sp³-hybridized carbons (Fsp3) is 0.214. The lowest BCUT2D eigenvalue weighted by atomic mass is 10.2. The molecule has 0 bridgehead atoms. The summed E-state index contributed by atoms with van der Waals surface area (Å²) >= 11 is 1.68. The highest BCUT2D eigenvalue weighted by Gasteiger charge is 2.15. The number of anilines is 1. The number of hydrogen-bond donors (Lipinski definition) is 1. The van der Waals surface area contributed by atoms with Crippen molar-refractivity contribution in [3.63, 3.8) is 0 Å². The molecule has 0 aromatic carbocycles. The summed E-state index contributed by atoms with van der Waals surface area (Å²) in [6.45, 7) is 4.76. The number of rotatable bonds is 3. The molecule has 4 aromatic rings. The Labute approximate surface area is 124 Å². The molecule has 0 radical (unpaired) electrons. The molecule has 6 nitrogen and oxygen atoms in total. The Balaban J connectivity index is 1.85. The molecule has 0 aliphatic rings. The molecule has 4 heterocycles. The van der Waals surface area contributed by atoms with Gasteiger partial charge in [-0.2, -0.15) is 9.61 Å². The molecule has 0 aliphatic heterocycles. The lowest BCUT2D eigenvalue weighted by Crippen LogP contribution is -2.07. The molecule has 0 amide bonds. The maximum atomic E-state index is 5.33. The van der Waals surface area contributed by atoms with E-state index in [9.17, 15) is 0 Å². The Morgan fingerprint density at radius 2 is 2.29 bits per heavy atom. The Morgan fingerprint density at radius 3 is 3.10 bits per heavy atom. The first kappa shape index (κ1) is 12.3. The van der Waals surface area contributed by atoms with E-state index in [0.29, 0.717) is 12.5 Å². The van der Waals surface area contributed by atoms with Crippen LogP contribution in [0.4, 0.5) is 5.95 Å². The third-order valence-electron chi connectivity index (χ3n) is 3.55. The minimum atomic E-state index is 0.559. The lowest BCUT2D eigenvalue weighted by molar-refractivity contribution is 0.517. The minimum absolute atomic E-state index is 0.559. The van der Waals surface area contributed by atoms with Crippen molar-refractivity contribution in [2.75, 3.05) is 5.32 Å². The third-order valence-corrected chi connectivity index (χ3v) is 4.65. The number of aromatic nitrogens is 4. The molecule has 0 unspecified atom stereocenters. The molecule has 0 atom stereocenters. The summed E-state index contributed by atoms with van der Waals surface area (Å²) in [7, 11) is 0. The SMILES string of the molecule is Cc1sc2nc(NCc3ccco3)n3ncnc3c2c1C. The van der Waals surface area contributed by atoms with Crippen LogP contribution in [0.3, 0.4) is 0 Å². The maximum absolute atomic E-state index is 5.33. The normalized spacial score (nSPS) is 11.5. The van der Waals surface area contributed by atoms with Crippen molar-refractivity contribution >= 4 is 33.1 Å². The van der Waals surface area contributed by atoms with Crippen molar-refractivity contribution in [2.45, 2.75) is 20.4 Å². The van der Waals surface area contributed by atoms with Crippen LogP contribution in [0, 0.1) is 13.8 Å². The van der Waals surface area contributed by atoms with Gasteiger partial charge in [0.15, 0.2) is 5.65 Å². The van der Waals surface area contributed by atoms with Gasteiger partial charge in [-0.3, -0.25) is 0 Å². The van der Waals surface area contributed by atoms with E-state index in [1.165, 1.54) is 10.4 Å². The van der Waals surface area contributed by atoms with Gasteiger partial charge in [0, 0.05) is 4.88 Å². The predicted molar refractivity (Wildman–Crippen MR) is 81.7 cm³/mol. The van der Waals surface area contributed by atoms with Crippen LogP contribution in [0.2, 0.25) is 0 Å². The van der Waals surface area contributed by atoms with Crippen molar-refractivity contribution in [1.82, 2.24) is 19.6 Å². The molecule has 7 heteroatoms. The van der Waals surface area contributed by atoms with Crippen LogP contribution in [0.15, 0.2) is 29.1 Å². The first-order valence-electron chi connectivity index (χ1n) is 6.59. The van der Waals surface area contributed by atoms with Crippen LogP contribution in [-0.2, 0) is 6.54 Å². The zero-order valence-corrected chi connectivity index (χ0v) is 12.4. The minimum Gasteiger partial charge on any atom is -0.467 e. The number of fused-ring (bicyclic) bond motifs is 3. The number of nitrogens with one attached hydrogen (secondary N) is 1. The summed E-state index contributed by atoms with van der Waals surface area (Å²) in [5, 5.41) is 8.61. The molecular formula is C14H13N5OS. The third kappa shape index (κ3) is 1.89. The van der Waals surface area contributed by atoms with Crippen LogP contribution in [0.25, 0.3) is 15.9 Å². The van der Waals surface area contributed by atoms with Crippen LogP contribution in [0.5, 0.6) is 0 Å². The van der Waals surface area contributed by atoms with Gasteiger partial charge in [-0.25, -0.2) is 9.97 Å². The Hall–Kier alpha value is -2.41. The molecule has 106 valence electrons. The molecule has 0 saturated carbocycles. The summed E-state index contributed by atoms with van der Waals surface area (Å²) in [4.78, 5) is 11.3. The van der Waals surface area contributed by atoms with E-state index in [2.05, 4.69) is 34.2 Å². The molecule has 0 aliphatic carbocycles. The molecule has 4 aromatic heterocycles. The summed E-state index contributed by atoms with van der Waals surface area (Å²) in [6, 6.07) is 3.79. The van der Waals surface area contributed by atoms with Crippen molar-refractivity contribution in [3.8, 4) is 0 Å². The van der Waals surface area contributed by atoms with Gasteiger partial charge in [0.05, 0.1) is 18.2 Å². The average molecular weight is 299 g/mol. The monoisotopic (exact) mass is 299 g/mol. The van der Waals surface area contributed by atoms with Gasteiger partial charge >= 0.3 is 0 Å². The van der Waals surface area contributed by atoms with Gasteiger partial charge < -0.3 is 9.73 Å². The second kappa shape index (κ2) is 4.56. The van der Waals surface area contributed by atoms with E-state index < -0.39 is 0 Å². The van der Waals surface area contributed by atoms with Gasteiger partial charge in [-0.05, 0) is 31.5 Å². The molecule has 0 fully saturated rings. The molecule has 0 saturated heterocycles. The highest BCUT2D eigenvalue weighted by atomic mass is 32.1. The first-order chi connectivity index (χ1) is 10.2. The summed E-state index contributed by atoms with van der Waals surface area (Å²) in [5.74, 6) is 1.52. The number of aryl methyl sites for hydroxylation is 2. The highest BCUT2D eigenvalue weighted by molar-refractivity contribution is 7.18. The fourth-order valence-electron chi connectivity index (χ4n) is 2.36. The largest absolute Gasteiger partial charge is 0.467 e. The number of thiophene rings is 1. The van der Waals surface area contributed by atoms with Crippen LogP contribution in [0.1, 0.15) is 16.2 Å². The number of nitrogens with zero attached hydrogens (tertiary/aromatic N) is 4. The van der Waals surface area contributed by atoms with Crippen LogP contribution < -0.4 is 5.32 Å². The quantitative estimate of drug-likeness (QED) is 0.629. The second-order valence-corrected chi connectivity index (χ2v) is 6.03. The molecule has 21 heavy (non-hydrogen) atoms. The number of hydrogen-bond acceptors (Lipinski definition) is 6. The van der Waals surface area contributed by atoms with Gasteiger partial charge in [-0.15, -0.1) is 11.3 Å². The fourth-order valence-corrected chi connectivity index (χ4v) is 3.38. The second-order valence-electron chi connectivity index (χ2n) is 4.83. The van der Waals surface area contributed by atoms with Gasteiger partial charge in [0.25, 0.3) is 0 Å². The van der Waals surface area contributed by atoms with E-state index >= 15 is 0 Å².